The van der Waals surface area contributed by atoms with Crippen LogP contribution in [-0.2, 0) is 4.79 Å². The van der Waals surface area contributed by atoms with Crippen LogP contribution in [0.4, 0.5) is 11.8 Å². The number of nitrogens with two attached hydrogens (primary N) is 1. The van der Waals surface area contributed by atoms with Gasteiger partial charge in [-0.3, -0.25) is 4.79 Å². The molecule has 25 heavy (non-hydrogen) atoms. The third-order valence-electron chi connectivity index (χ3n) is 3.41. The fourth-order valence-corrected chi connectivity index (χ4v) is 3.19. The van der Waals surface area contributed by atoms with Crippen molar-refractivity contribution in [3.8, 4) is 5.75 Å². The van der Waals surface area contributed by atoms with E-state index in [1.54, 1.807) is 25.4 Å². The van der Waals surface area contributed by atoms with E-state index in [2.05, 4.69) is 30.2 Å². The third-order valence-corrected chi connectivity index (χ3v) is 4.76. The predicted octanol–water partition coefficient (Wildman–Crippen LogP) is 1.85. The fourth-order valence-electron chi connectivity index (χ4n) is 2.18. The maximum atomic E-state index is 12.6. The highest BCUT2D eigenvalue weighted by atomic mass is 32.2. The van der Waals surface area contributed by atoms with E-state index in [0.29, 0.717) is 34.2 Å². The van der Waals surface area contributed by atoms with Crippen LogP contribution in [0.3, 0.4) is 0 Å². The molecule has 1 atom stereocenters. The highest BCUT2D eigenvalue weighted by Gasteiger charge is 2.22. The number of imidazole rings is 1. The molecular formula is C15H17N7O2S. The molecule has 3 aromatic rings. The number of hydrogen-bond donors (Lipinski definition) is 3. The van der Waals surface area contributed by atoms with Gasteiger partial charge in [0.25, 0.3) is 0 Å². The van der Waals surface area contributed by atoms with E-state index in [1.807, 2.05) is 6.92 Å². The predicted molar refractivity (Wildman–Crippen MR) is 95.5 cm³/mol. The number of rotatable bonds is 6. The van der Waals surface area contributed by atoms with Crippen LogP contribution in [-0.4, -0.2) is 43.2 Å². The number of nitrogens with one attached hydrogen (secondary N) is 2. The fraction of sp³-hybridized carbons (Fsp3) is 0.267. The number of anilines is 2. The minimum Gasteiger partial charge on any atom is -0.497 e. The van der Waals surface area contributed by atoms with Crippen molar-refractivity contribution in [2.45, 2.75) is 23.6 Å². The van der Waals surface area contributed by atoms with Crippen LogP contribution < -0.4 is 15.8 Å². The van der Waals surface area contributed by atoms with Crippen molar-refractivity contribution in [3.05, 3.63) is 24.7 Å². The van der Waals surface area contributed by atoms with Crippen LogP contribution in [0.25, 0.3) is 11.2 Å². The van der Waals surface area contributed by atoms with Crippen LogP contribution in [0, 0.1) is 0 Å². The summed E-state index contributed by atoms with van der Waals surface area (Å²) in [6, 6.07) is 3.37. The number of thioether (sulfide) groups is 1. The number of nitrogen functional groups attached to an aromatic ring is 1. The van der Waals surface area contributed by atoms with Crippen molar-refractivity contribution in [2.24, 2.45) is 0 Å². The molecule has 9 nitrogen and oxygen atoms in total. The van der Waals surface area contributed by atoms with Crippen molar-refractivity contribution >= 4 is 40.6 Å². The van der Waals surface area contributed by atoms with E-state index < -0.39 is 0 Å². The van der Waals surface area contributed by atoms with Gasteiger partial charge in [-0.05, 0) is 12.5 Å². The van der Waals surface area contributed by atoms with Gasteiger partial charge in [-0.25, -0.2) is 15.0 Å². The lowest BCUT2D eigenvalue weighted by Crippen LogP contribution is -2.25. The van der Waals surface area contributed by atoms with Crippen LogP contribution in [0.2, 0.25) is 0 Å². The summed E-state index contributed by atoms with van der Waals surface area (Å²) >= 11 is 1.30. The lowest BCUT2D eigenvalue weighted by atomic mass is 10.3. The monoisotopic (exact) mass is 359 g/mol. The Labute approximate surface area is 147 Å². The highest BCUT2D eigenvalue weighted by Crippen LogP contribution is 2.29. The number of hydrogen-bond acceptors (Lipinski definition) is 8. The molecule has 0 aliphatic carbocycles. The van der Waals surface area contributed by atoms with E-state index in [-0.39, 0.29) is 17.1 Å². The number of pyridine rings is 1. The van der Waals surface area contributed by atoms with Gasteiger partial charge in [-0.15, -0.1) is 0 Å². The van der Waals surface area contributed by atoms with E-state index in [0.717, 1.165) is 0 Å². The Morgan fingerprint density at radius 2 is 2.28 bits per heavy atom. The number of methoxy groups -OCH3 is 1. The molecule has 0 saturated heterocycles. The minimum atomic E-state index is -0.381. The summed E-state index contributed by atoms with van der Waals surface area (Å²) in [7, 11) is 1.56. The zero-order chi connectivity index (χ0) is 17.8. The van der Waals surface area contributed by atoms with Gasteiger partial charge < -0.3 is 20.8 Å². The van der Waals surface area contributed by atoms with Gasteiger partial charge in [0.15, 0.2) is 5.65 Å². The maximum absolute atomic E-state index is 12.6. The average Bonchev–Trinajstić information content (AvgIpc) is 3.07. The molecule has 0 aromatic carbocycles. The molecule has 3 aromatic heterocycles. The number of nitrogens with zero attached hydrogens (tertiary/aromatic N) is 4. The zero-order valence-corrected chi connectivity index (χ0v) is 14.5. The van der Waals surface area contributed by atoms with Crippen LogP contribution >= 0.6 is 11.8 Å². The Hall–Kier alpha value is -2.88. The number of amides is 1. The molecule has 3 rings (SSSR count). The molecule has 0 aliphatic rings. The van der Waals surface area contributed by atoms with Crippen molar-refractivity contribution in [1.29, 1.82) is 0 Å². The summed E-state index contributed by atoms with van der Waals surface area (Å²) in [6.07, 6.45) is 3.69. The molecule has 0 unspecified atom stereocenters. The zero-order valence-electron chi connectivity index (χ0n) is 13.7. The third kappa shape index (κ3) is 3.79. The van der Waals surface area contributed by atoms with E-state index >= 15 is 0 Å². The lowest BCUT2D eigenvalue weighted by Gasteiger charge is -2.14. The molecule has 3 heterocycles. The molecule has 0 fully saturated rings. The number of aromatic nitrogens is 5. The first-order chi connectivity index (χ1) is 12.1. The molecule has 0 saturated carbocycles. The number of fused-ring (bicyclic) bond motifs is 1. The SMILES string of the molecule is CC[C@@H](Sc1nc(N)nc2nc[nH]c12)C(=O)Nc1cc(OC)ccn1. The molecule has 1 amide bonds. The Kier molecular flexibility index (Phi) is 4.98. The summed E-state index contributed by atoms with van der Waals surface area (Å²) < 4.78 is 5.13. The molecule has 10 heteroatoms. The second kappa shape index (κ2) is 7.34. The molecule has 0 spiro atoms. The van der Waals surface area contributed by atoms with Crippen molar-refractivity contribution in [1.82, 2.24) is 24.9 Å². The Bertz CT molecular complexity index is 898. The summed E-state index contributed by atoms with van der Waals surface area (Å²) in [4.78, 5) is 32.0. The second-order valence-corrected chi connectivity index (χ2v) is 6.26. The van der Waals surface area contributed by atoms with Gasteiger partial charge in [-0.2, -0.15) is 4.98 Å². The first-order valence-electron chi connectivity index (χ1n) is 7.55. The van der Waals surface area contributed by atoms with Crippen molar-refractivity contribution in [2.75, 3.05) is 18.2 Å². The van der Waals surface area contributed by atoms with Gasteiger partial charge in [0.2, 0.25) is 11.9 Å². The largest absolute Gasteiger partial charge is 0.497 e. The molecule has 0 aliphatic heterocycles. The highest BCUT2D eigenvalue weighted by molar-refractivity contribution is 8.00. The molecule has 130 valence electrons. The second-order valence-electron chi connectivity index (χ2n) is 5.07. The van der Waals surface area contributed by atoms with Gasteiger partial charge in [0.1, 0.15) is 22.1 Å². The maximum Gasteiger partial charge on any atom is 0.239 e. The number of aromatic amines is 1. The standard InChI is InChI=1S/C15H17N7O2S/c1-3-9(13(23)20-10-6-8(24-2)4-5-17-10)25-14-11-12(19-7-18-11)21-15(16)22-14/h4-7,9H,3H2,1-2H3,(H,17,20,23)(H3,16,18,19,21,22)/t9-/m1/s1. The number of carbonyl (C=O) groups excluding carboxylic acids is 1. The van der Waals surface area contributed by atoms with Gasteiger partial charge in [0.05, 0.1) is 18.7 Å². The van der Waals surface area contributed by atoms with E-state index in [1.165, 1.54) is 18.1 Å². The van der Waals surface area contributed by atoms with Crippen LogP contribution in [0.1, 0.15) is 13.3 Å². The first-order valence-corrected chi connectivity index (χ1v) is 8.42. The normalized spacial score (nSPS) is 12.1. The number of carbonyl (C=O) groups is 1. The topological polar surface area (TPSA) is 132 Å². The molecular weight excluding hydrogens is 342 g/mol. The number of H-pyrrole nitrogens is 1. The summed E-state index contributed by atoms with van der Waals surface area (Å²) in [5.41, 5.74) is 6.85. The Balaban J connectivity index is 1.79. The summed E-state index contributed by atoms with van der Waals surface area (Å²) in [6.45, 7) is 1.92. The minimum absolute atomic E-state index is 0.117. The first kappa shape index (κ1) is 17.0. The van der Waals surface area contributed by atoms with Gasteiger partial charge in [0, 0.05) is 12.3 Å². The quantitative estimate of drug-likeness (QED) is 0.449. The van der Waals surface area contributed by atoms with Gasteiger partial charge >= 0.3 is 0 Å². The summed E-state index contributed by atoms with van der Waals surface area (Å²) in [5.74, 6) is 0.982. The number of ether oxygens (including phenoxy) is 1. The molecule has 4 N–H and O–H groups in total. The van der Waals surface area contributed by atoms with Crippen LogP contribution in [0.5, 0.6) is 5.75 Å². The average molecular weight is 359 g/mol. The smallest absolute Gasteiger partial charge is 0.239 e. The Morgan fingerprint density at radius 1 is 1.44 bits per heavy atom. The van der Waals surface area contributed by atoms with E-state index in [4.69, 9.17) is 10.5 Å². The molecule has 0 radical (unpaired) electrons. The lowest BCUT2D eigenvalue weighted by molar-refractivity contribution is -0.115. The van der Waals surface area contributed by atoms with Crippen molar-refractivity contribution in [3.63, 3.8) is 0 Å². The van der Waals surface area contributed by atoms with Gasteiger partial charge in [-0.1, -0.05) is 18.7 Å². The van der Waals surface area contributed by atoms with Crippen molar-refractivity contribution < 1.29 is 9.53 Å². The molecule has 0 bridgehead atoms. The van der Waals surface area contributed by atoms with E-state index in [9.17, 15) is 4.79 Å². The Morgan fingerprint density at radius 3 is 3.04 bits per heavy atom. The summed E-state index contributed by atoms with van der Waals surface area (Å²) in [5, 5.41) is 3.00. The van der Waals surface area contributed by atoms with Crippen LogP contribution in [0.15, 0.2) is 29.7 Å².